The number of nitrogens with one attached hydrogen (secondary N) is 1. The van der Waals surface area contributed by atoms with Crippen molar-refractivity contribution >= 4 is 5.91 Å². The van der Waals surface area contributed by atoms with Gasteiger partial charge in [0.2, 0.25) is 0 Å². The van der Waals surface area contributed by atoms with Crippen LogP contribution in [0.15, 0.2) is 36.7 Å². The molecule has 0 saturated heterocycles. The van der Waals surface area contributed by atoms with Crippen molar-refractivity contribution in [3.05, 3.63) is 53.6 Å². The van der Waals surface area contributed by atoms with Crippen LogP contribution in [0.4, 0.5) is 0 Å². The highest BCUT2D eigenvalue weighted by molar-refractivity contribution is 5.94. The Hall–Kier alpha value is -2.18. The van der Waals surface area contributed by atoms with Gasteiger partial charge in [-0.1, -0.05) is 12.1 Å². The summed E-state index contributed by atoms with van der Waals surface area (Å²) in [6, 6.07) is 7.03. The van der Waals surface area contributed by atoms with Gasteiger partial charge in [-0.3, -0.25) is 4.79 Å². The molecule has 1 aliphatic rings. The molecule has 0 bridgehead atoms. The standard InChI is InChI=1S/C18H23N3O3/c1-12-19-9-10-21(12)16-8-7-15(17(16)22)20-18(23)14-5-3-13(4-6-14)11-24-2/h3-6,9-10,15-17,22H,7-8,11H2,1-2H3,(H,20,23)/t15-,16-,17-/m1/s1. The Kier molecular flexibility index (Phi) is 4.97. The van der Waals surface area contributed by atoms with E-state index < -0.39 is 6.10 Å². The van der Waals surface area contributed by atoms with Crippen LogP contribution in [-0.2, 0) is 11.3 Å². The van der Waals surface area contributed by atoms with Gasteiger partial charge in [-0.15, -0.1) is 0 Å². The van der Waals surface area contributed by atoms with Crippen molar-refractivity contribution in [1.82, 2.24) is 14.9 Å². The van der Waals surface area contributed by atoms with E-state index in [2.05, 4.69) is 10.3 Å². The number of rotatable bonds is 5. The number of hydrogen-bond acceptors (Lipinski definition) is 4. The normalized spacial score (nSPS) is 23.4. The molecule has 3 rings (SSSR count). The molecule has 2 aromatic rings. The summed E-state index contributed by atoms with van der Waals surface area (Å²) in [5.41, 5.74) is 1.61. The van der Waals surface area contributed by atoms with Gasteiger partial charge in [0, 0.05) is 25.1 Å². The molecule has 0 unspecified atom stereocenters. The molecule has 24 heavy (non-hydrogen) atoms. The third-order valence-corrected chi connectivity index (χ3v) is 4.64. The number of imidazole rings is 1. The summed E-state index contributed by atoms with van der Waals surface area (Å²) in [6.45, 7) is 2.44. The lowest BCUT2D eigenvalue weighted by molar-refractivity contribution is 0.0812. The van der Waals surface area contributed by atoms with Gasteiger partial charge >= 0.3 is 0 Å². The number of aliphatic hydroxyl groups is 1. The number of hydrogen-bond donors (Lipinski definition) is 2. The fourth-order valence-corrected chi connectivity index (χ4v) is 3.33. The number of carbonyl (C=O) groups is 1. The van der Waals surface area contributed by atoms with Gasteiger partial charge in [0.1, 0.15) is 5.82 Å². The number of carbonyl (C=O) groups excluding carboxylic acids is 1. The van der Waals surface area contributed by atoms with Crippen molar-refractivity contribution in [3.8, 4) is 0 Å². The highest BCUT2D eigenvalue weighted by Gasteiger charge is 2.37. The molecule has 6 heteroatoms. The fourth-order valence-electron chi connectivity index (χ4n) is 3.33. The smallest absolute Gasteiger partial charge is 0.251 e. The number of aliphatic hydroxyl groups excluding tert-OH is 1. The average Bonchev–Trinajstić information content (AvgIpc) is 3.15. The highest BCUT2D eigenvalue weighted by atomic mass is 16.5. The lowest BCUT2D eigenvalue weighted by atomic mass is 10.1. The molecule has 3 atom stereocenters. The fraction of sp³-hybridized carbons (Fsp3) is 0.444. The van der Waals surface area contributed by atoms with Crippen LogP contribution in [0.1, 0.15) is 40.6 Å². The largest absolute Gasteiger partial charge is 0.389 e. The van der Waals surface area contributed by atoms with Crippen molar-refractivity contribution in [2.45, 2.75) is 44.6 Å². The Morgan fingerprint density at radius 3 is 2.75 bits per heavy atom. The van der Waals surface area contributed by atoms with Crippen LogP contribution in [-0.4, -0.2) is 39.8 Å². The number of nitrogens with zero attached hydrogens (tertiary/aromatic N) is 2. The molecule has 0 radical (unpaired) electrons. The van der Waals surface area contributed by atoms with E-state index in [1.54, 1.807) is 25.4 Å². The molecule has 2 N–H and O–H groups in total. The van der Waals surface area contributed by atoms with Gasteiger partial charge in [-0.25, -0.2) is 4.98 Å². The molecule has 1 heterocycles. The first kappa shape index (κ1) is 16.7. The number of benzene rings is 1. The minimum Gasteiger partial charge on any atom is -0.389 e. The summed E-state index contributed by atoms with van der Waals surface area (Å²) in [4.78, 5) is 16.6. The summed E-state index contributed by atoms with van der Waals surface area (Å²) < 4.78 is 7.05. The predicted molar refractivity (Wildman–Crippen MR) is 89.7 cm³/mol. The third kappa shape index (κ3) is 3.34. The van der Waals surface area contributed by atoms with E-state index in [0.29, 0.717) is 12.2 Å². The van der Waals surface area contributed by atoms with E-state index in [1.807, 2.05) is 29.8 Å². The minimum absolute atomic E-state index is 0.0399. The Morgan fingerprint density at radius 1 is 1.38 bits per heavy atom. The second-order valence-electron chi connectivity index (χ2n) is 6.23. The van der Waals surface area contributed by atoms with Crippen molar-refractivity contribution < 1.29 is 14.6 Å². The van der Waals surface area contributed by atoms with Crippen LogP contribution in [0.25, 0.3) is 0 Å². The zero-order valence-corrected chi connectivity index (χ0v) is 14.0. The third-order valence-electron chi connectivity index (χ3n) is 4.64. The van der Waals surface area contributed by atoms with Gasteiger partial charge in [-0.05, 0) is 37.5 Å². The van der Waals surface area contributed by atoms with E-state index in [-0.39, 0.29) is 18.0 Å². The van der Waals surface area contributed by atoms with Crippen LogP contribution in [0.5, 0.6) is 0 Å². The van der Waals surface area contributed by atoms with Crippen molar-refractivity contribution in [2.75, 3.05) is 7.11 Å². The quantitative estimate of drug-likeness (QED) is 0.877. The number of amides is 1. The maximum absolute atomic E-state index is 12.4. The summed E-state index contributed by atoms with van der Waals surface area (Å²) in [6.07, 6.45) is 4.56. The lowest BCUT2D eigenvalue weighted by Gasteiger charge is -2.22. The zero-order chi connectivity index (χ0) is 17.1. The molecule has 1 saturated carbocycles. The Bertz CT molecular complexity index is 696. The molecule has 1 fully saturated rings. The number of aryl methyl sites for hydroxylation is 1. The molecule has 1 aromatic heterocycles. The first-order valence-corrected chi connectivity index (χ1v) is 8.16. The topological polar surface area (TPSA) is 76.4 Å². The minimum atomic E-state index is -0.616. The van der Waals surface area contributed by atoms with Gasteiger partial charge in [0.25, 0.3) is 5.91 Å². The highest BCUT2D eigenvalue weighted by Crippen LogP contribution is 2.31. The van der Waals surface area contributed by atoms with Gasteiger partial charge in [0.05, 0.1) is 24.8 Å². The summed E-state index contributed by atoms with van der Waals surface area (Å²) in [5.74, 6) is 0.714. The SMILES string of the molecule is COCc1ccc(C(=O)N[C@@H]2CC[C@@H](n3ccnc3C)[C@@H]2O)cc1. The van der Waals surface area contributed by atoms with Crippen molar-refractivity contribution in [2.24, 2.45) is 0 Å². The molecule has 1 aliphatic carbocycles. The Morgan fingerprint density at radius 2 is 2.12 bits per heavy atom. The number of ether oxygens (including phenoxy) is 1. The van der Waals surface area contributed by atoms with Crippen LogP contribution < -0.4 is 5.32 Å². The molecular formula is C18H23N3O3. The van der Waals surface area contributed by atoms with E-state index >= 15 is 0 Å². The summed E-state index contributed by atoms with van der Waals surface area (Å²) in [7, 11) is 1.64. The van der Waals surface area contributed by atoms with Crippen molar-refractivity contribution in [3.63, 3.8) is 0 Å². The van der Waals surface area contributed by atoms with E-state index in [0.717, 1.165) is 24.2 Å². The van der Waals surface area contributed by atoms with Crippen LogP contribution in [0, 0.1) is 6.92 Å². The first-order chi connectivity index (χ1) is 11.6. The van der Waals surface area contributed by atoms with Crippen LogP contribution in [0.2, 0.25) is 0 Å². The molecule has 0 aliphatic heterocycles. The number of methoxy groups -OCH3 is 1. The van der Waals surface area contributed by atoms with Gasteiger partial charge in [-0.2, -0.15) is 0 Å². The lowest BCUT2D eigenvalue weighted by Crippen LogP contribution is -2.42. The molecule has 128 valence electrons. The monoisotopic (exact) mass is 329 g/mol. The van der Waals surface area contributed by atoms with E-state index in [4.69, 9.17) is 4.74 Å². The molecule has 1 aromatic carbocycles. The molecule has 0 spiro atoms. The zero-order valence-electron chi connectivity index (χ0n) is 14.0. The maximum Gasteiger partial charge on any atom is 0.251 e. The van der Waals surface area contributed by atoms with Gasteiger partial charge < -0.3 is 19.7 Å². The van der Waals surface area contributed by atoms with Crippen molar-refractivity contribution in [1.29, 1.82) is 0 Å². The van der Waals surface area contributed by atoms with E-state index in [9.17, 15) is 9.90 Å². The van der Waals surface area contributed by atoms with Gasteiger partial charge in [0.15, 0.2) is 0 Å². The Labute approximate surface area is 141 Å². The Balaban J connectivity index is 1.63. The van der Waals surface area contributed by atoms with Crippen LogP contribution in [0.3, 0.4) is 0 Å². The summed E-state index contributed by atoms with van der Waals surface area (Å²) in [5, 5.41) is 13.5. The van der Waals surface area contributed by atoms with E-state index in [1.165, 1.54) is 0 Å². The second kappa shape index (κ2) is 7.15. The maximum atomic E-state index is 12.4. The molecular weight excluding hydrogens is 306 g/mol. The summed E-state index contributed by atoms with van der Waals surface area (Å²) >= 11 is 0. The molecule has 6 nitrogen and oxygen atoms in total. The number of aromatic nitrogens is 2. The first-order valence-electron chi connectivity index (χ1n) is 8.16. The molecule has 1 amide bonds. The average molecular weight is 329 g/mol. The second-order valence-corrected chi connectivity index (χ2v) is 6.23. The van der Waals surface area contributed by atoms with Crippen LogP contribution >= 0.6 is 0 Å². The predicted octanol–water partition coefficient (Wildman–Crippen LogP) is 1.83.